The van der Waals surface area contributed by atoms with Crippen LogP contribution in [0, 0.1) is 11.6 Å². The van der Waals surface area contributed by atoms with Crippen LogP contribution < -0.4 is 9.47 Å². The average Bonchev–Trinajstić information content (AvgIpc) is 2.45. The Balaban J connectivity index is 2.43. The van der Waals surface area contributed by atoms with Gasteiger partial charge in [-0.3, -0.25) is 4.79 Å². The largest absolute Gasteiger partial charge is 0.496 e. The first-order valence-corrected chi connectivity index (χ1v) is 7.20. The van der Waals surface area contributed by atoms with Crippen molar-refractivity contribution in [3.05, 3.63) is 50.4 Å². The van der Waals surface area contributed by atoms with Gasteiger partial charge in [-0.25, -0.2) is 8.78 Å². The highest BCUT2D eigenvalue weighted by atomic mass is 79.9. The summed E-state index contributed by atoms with van der Waals surface area (Å²) in [5.41, 5.74) is -0.104. The normalized spacial score (nSPS) is 10.3. The second-order valence-corrected chi connectivity index (χ2v) is 5.66. The number of hydrogen-bond donors (Lipinski definition) is 0. The minimum Gasteiger partial charge on any atom is -0.496 e. The number of rotatable bonds is 4. The quantitative estimate of drug-likeness (QED) is 0.644. The van der Waals surface area contributed by atoms with Gasteiger partial charge in [0.25, 0.3) is 0 Å². The van der Waals surface area contributed by atoms with Gasteiger partial charge in [0, 0.05) is 5.56 Å². The summed E-state index contributed by atoms with van der Waals surface area (Å²) in [4.78, 5) is 10.5. The lowest BCUT2D eigenvalue weighted by Crippen LogP contribution is -1.96. The Morgan fingerprint density at radius 3 is 2.05 bits per heavy atom. The molecule has 0 bridgehead atoms. The summed E-state index contributed by atoms with van der Waals surface area (Å²) in [7, 11) is 1.49. The lowest BCUT2D eigenvalue weighted by molar-refractivity contribution is 0.112. The highest BCUT2D eigenvalue weighted by Gasteiger charge is 2.16. The van der Waals surface area contributed by atoms with Gasteiger partial charge in [-0.05, 0) is 56.1 Å². The van der Waals surface area contributed by atoms with Gasteiger partial charge in [0.1, 0.15) is 17.8 Å². The fourth-order valence-corrected chi connectivity index (χ4v) is 2.49. The number of aldehydes is 1. The molecule has 0 saturated heterocycles. The van der Waals surface area contributed by atoms with Crippen LogP contribution in [-0.2, 0) is 0 Å². The Morgan fingerprint density at radius 1 is 1.00 bits per heavy atom. The fraction of sp³-hybridized carbons (Fsp3) is 0.0714. The van der Waals surface area contributed by atoms with Crippen LogP contribution >= 0.6 is 31.9 Å². The van der Waals surface area contributed by atoms with Crippen molar-refractivity contribution in [3.63, 3.8) is 0 Å². The van der Waals surface area contributed by atoms with E-state index in [1.165, 1.54) is 13.2 Å². The van der Waals surface area contributed by atoms with E-state index in [2.05, 4.69) is 31.9 Å². The molecular weight excluding hydrogens is 414 g/mol. The van der Waals surface area contributed by atoms with Crippen LogP contribution in [0.15, 0.2) is 33.2 Å². The number of benzene rings is 2. The Hall–Kier alpha value is -1.47. The zero-order valence-electron chi connectivity index (χ0n) is 10.6. The van der Waals surface area contributed by atoms with E-state index in [1.807, 2.05) is 0 Å². The van der Waals surface area contributed by atoms with Gasteiger partial charge in [-0.2, -0.15) is 0 Å². The zero-order chi connectivity index (χ0) is 15.6. The average molecular weight is 422 g/mol. The van der Waals surface area contributed by atoms with Crippen molar-refractivity contribution in [2.75, 3.05) is 7.11 Å². The van der Waals surface area contributed by atoms with Crippen molar-refractivity contribution in [2.24, 2.45) is 0 Å². The van der Waals surface area contributed by atoms with Crippen LogP contribution in [0.25, 0.3) is 0 Å². The molecule has 0 aliphatic carbocycles. The third kappa shape index (κ3) is 3.41. The van der Waals surface area contributed by atoms with Crippen molar-refractivity contribution >= 4 is 38.1 Å². The molecule has 0 radical (unpaired) electrons. The maximum atomic E-state index is 13.8. The van der Waals surface area contributed by atoms with Crippen molar-refractivity contribution < 1.29 is 23.0 Å². The topological polar surface area (TPSA) is 35.5 Å². The Morgan fingerprint density at radius 2 is 1.52 bits per heavy atom. The van der Waals surface area contributed by atoms with Gasteiger partial charge in [-0.15, -0.1) is 0 Å². The van der Waals surface area contributed by atoms with E-state index < -0.39 is 17.4 Å². The molecule has 0 N–H and O–H groups in total. The summed E-state index contributed by atoms with van der Waals surface area (Å²) in [6, 6.07) is 4.90. The highest BCUT2D eigenvalue weighted by Crippen LogP contribution is 2.39. The Bertz CT molecular complexity index is 682. The first-order chi connectivity index (χ1) is 9.96. The minimum absolute atomic E-state index is 0.104. The van der Waals surface area contributed by atoms with Gasteiger partial charge < -0.3 is 9.47 Å². The highest BCUT2D eigenvalue weighted by molar-refractivity contribution is 9.11. The van der Waals surface area contributed by atoms with Crippen LogP contribution in [0.5, 0.6) is 17.2 Å². The summed E-state index contributed by atoms with van der Waals surface area (Å²) in [5, 5.41) is 0. The number of halogens is 4. The van der Waals surface area contributed by atoms with Gasteiger partial charge in [0.05, 0.1) is 16.1 Å². The second kappa shape index (κ2) is 6.53. The lowest BCUT2D eigenvalue weighted by atomic mass is 10.2. The summed E-state index contributed by atoms with van der Waals surface area (Å²) in [6.07, 6.45) is 0.357. The predicted octanol–water partition coefficient (Wildman–Crippen LogP) is 5.10. The molecule has 7 heteroatoms. The molecule has 0 aliphatic heterocycles. The molecule has 0 fully saturated rings. The molecular formula is C14H8Br2F2O3. The van der Waals surface area contributed by atoms with Crippen LogP contribution in [-0.4, -0.2) is 13.4 Å². The summed E-state index contributed by atoms with van der Waals surface area (Å²) >= 11 is 6.48. The molecule has 0 saturated carbocycles. The summed E-state index contributed by atoms with van der Waals surface area (Å²) in [6.45, 7) is 0. The number of hydrogen-bond acceptors (Lipinski definition) is 3. The second-order valence-electron chi connectivity index (χ2n) is 3.95. The maximum Gasteiger partial charge on any atom is 0.198 e. The van der Waals surface area contributed by atoms with E-state index in [-0.39, 0.29) is 11.3 Å². The molecule has 2 aromatic rings. The predicted molar refractivity (Wildman–Crippen MR) is 80.2 cm³/mol. The molecule has 2 aromatic carbocycles. The third-order valence-electron chi connectivity index (χ3n) is 2.58. The van der Waals surface area contributed by atoms with E-state index in [4.69, 9.17) is 9.47 Å². The fourth-order valence-electron chi connectivity index (χ4n) is 1.60. The van der Waals surface area contributed by atoms with E-state index in [9.17, 15) is 13.6 Å². The van der Waals surface area contributed by atoms with Crippen LogP contribution in [0.1, 0.15) is 10.4 Å². The van der Waals surface area contributed by atoms with Crippen LogP contribution in [0.3, 0.4) is 0 Å². The van der Waals surface area contributed by atoms with Gasteiger partial charge in [0.15, 0.2) is 17.4 Å². The smallest absolute Gasteiger partial charge is 0.198 e. The number of methoxy groups -OCH3 is 1. The molecule has 0 aromatic heterocycles. The van der Waals surface area contributed by atoms with Crippen LogP contribution in [0.2, 0.25) is 0 Å². The molecule has 0 unspecified atom stereocenters. The molecule has 0 amide bonds. The lowest BCUT2D eigenvalue weighted by Gasteiger charge is -2.12. The van der Waals surface area contributed by atoms with Crippen molar-refractivity contribution in [2.45, 2.75) is 0 Å². The van der Waals surface area contributed by atoms with E-state index in [0.717, 1.165) is 12.1 Å². The molecule has 3 nitrogen and oxygen atoms in total. The van der Waals surface area contributed by atoms with Crippen LogP contribution in [0.4, 0.5) is 8.78 Å². The Labute approximate surface area is 136 Å². The molecule has 0 heterocycles. The van der Waals surface area contributed by atoms with Gasteiger partial charge >= 0.3 is 0 Å². The number of carbonyl (C=O) groups excluding carboxylic acids is 1. The number of carbonyl (C=O) groups is 1. The minimum atomic E-state index is -0.962. The van der Waals surface area contributed by atoms with Gasteiger partial charge in [-0.1, -0.05) is 0 Å². The van der Waals surface area contributed by atoms with Crippen molar-refractivity contribution in [3.8, 4) is 17.2 Å². The van der Waals surface area contributed by atoms with E-state index in [0.29, 0.717) is 21.0 Å². The molecule has 0 atom stereocenters. The van der Waals surface area contributed by atoms with Gasteiger partial charge in [0.2, 0.25) is 0 Å². The van der Waals surface area contributed by atoms with E-state index in [1.54, 1.807) is 6.07 Å². The molecule has 110 valence electrons. The SMILES string of the molecule is COc1cc(Br)c(Oc2c(F)cc(C=O)cc2F)cc1Br. The molecule has 0 aliphatic rings. The zero-order valence-corrected chi connectivity index (χ0v) is 13.8. The van der Waals surface area contributed by atoms with Crippen molar-refractivity contribution in [1.29, 1.82) is 0 Å². The molecule has 21 heavy (non-hydrogen) atoms. The monoisotopic (exact) mass is 420 g/mol. The summed E-state index contributed by atoms with van der Waals surface area (Å²) < 4.78 is 38.9. The first-order valence-electron chi connectivity index (χ1n) is 5.61. The van der Waals surface area contributed by atoms with Crippen molar-refractivity contribution in [1.82, 2.24) is 0 Å². The molecule has 0 spiro atoms. The number of ether oxygens (including phenoxy) is 2. The maximum absolute atomic E-state index is 13.8. The standard InChI is InChI=1S/C14H8Br2F2O3/c1-20-12-4-9(16)13(5-8(12)15)21-14-10(17)2-7(6-19)3-11(14)18/h2-6H,1H3. The van der Waals surface area contributed by atoms with E-state index >= 15 is 0 Å². The third-order valence-corrected chi connectivity index (χ3v) is 3.81. The summed E-state index contributed by atoms with van der Waals surface area (Å²) in [5.74, 6) is -1.78. The Kier molecular flexibility index (Phi) is 4.95. The first kappa shape index (κ1) is 15.9. The molecule has 2 rings (SSSR count).